The Morgan fingerprint density at radius 3 is 2.59 bits per heavy atom. The van der Waals surface area contributed by atoms with E-state index in [1.807, 2.05) is 0 Å². The number of hydrogen-bond acceptors (Lipinski definition) is 3. The van der Waals surface area contributed by atoms with Gasteiger partial charge in [-0.15, -0.1) is 0 Å². The molecule has 0 aliphatic carbocycles. The summed E-state index contributed by atoms with van der Waals surface area (Å²) < 4.78 is 0. The highest BCUT2D eigenvalue weighted by Gasteiger charge is 2.28. The maximum Gasteiger partial charge on any atom is 0.0120 e. The molecule has 17 heavy (non-hydrogen) atoms. The predicted molar refractivity (Wildman–Crippen MR) is 75.4 cm³/mol. The van der Waals surface area contributed by atoms with Crippen LogP contribution in [0, 0.1) is 5.92 Å². The lowest BCUT2D eigenvalue weighted by Crippen LogP contribution is -2.52. The second-order valence-corrected chi connectivity index (χ2v) is 6.14. The molecule has 0 aromatic carbocycles. The summed E-state index contributed by atoms with van der Waals surface area (Å²) in [6.07, 6.45) is 1.28. The Morgan fingerprint density at radius 2 is 2.00 bits per heavy atom. The van der Waals surface area contributed by atoms with Crippen LogP contribution in [0.1, 0.15) is 34.1 Å². The van der Waals surface area contributed by atoms with Gasteiger partial charge in [-0.3, -0.25) is 0 Å². The van der Waals surface area contributed by atoms with Gasteiger partial charge in [0.05, 0.1) is 0 Å². The molecule has 1 fully saturated rings. The number of nitrogens with one attached hydrogen (secondary N) is 1. The summed E-state index contributed by atoms with van der Waals surface area (Å²) in [5.41, 5.74) is 0. The molecule has 0 saturated carbocycles. The molecule has 1 saturated heterocycles. The van der Waals surface area contributed by atoms with E-state index in [1.54, 1.807) is 0 Å². The van der Waals surface area contributed by atoms with E-state index in [0.29, 0.717) is 18.1 Å². The van der Waals surface area contributed by atoms with Crippen LogP contribution in [0.4, 0.5) is 0 Å². The van der Waals surface area contributed by atoms with Crippen LogP contribution in [-0.4, -0.2) is 61.7 Å². The quantitative estimate of drug-likeness (QED) is 0.789. The zero-order chi connectivity index (χ0) is 13.0. The largest absolute Gasteiger partial charge is 0.312 e. The molecule has 1 rings (SSSR count). The number of likely N-dealkylation sites (N-methyl/N-ethyl adjacent to an activating group) is 1. The highest BCUT2D eigenvalue weighted by atomic mass is 15.2. The monoisotopic (exact) mass is 241 g/mol. The molecule has 3 nitrogen and oxygen atoms in total. The van der Waals surface area contributed by atoms with Gasteiger partial charge in [0.2, 0.25) is 0 Å². The van der Waals surface area contributed by atoms with E-state index in [-0.39, 0.29) is 0 Å². The van der Waals surface area contributed by atoms with Gasteiger partial charge >= 0.3 is 0 Å². The first-order chi connectivity index (χ1) is 7.91. The second kappa shape index (κ2) is 6.72. The number of likely N-dealkylation sites (tertiary alicyclic amines) is 1. The Hall–Kier alpha value is -0.120. The third-order valence-corrected chi connectivity index (χ3v) is 4.36. The molecule has 1 aliphatic heterocycles. The zero-order valence-electron chi connectivity index (χ0n) is 12.5. The van der Waals surface area contributed by atoms with E-state index in [9.17, 15) is 0 Å². The topological polar surface area (TPSA) is 18.5 Å². The van der Waals surface area contributed by atoms with Crippen molar-refractivity contribution in [3.8, 4) is 0 Å². The number of piperidine rings is 1. The van der Waals surface area contributed by atoms with Gasteiger partial charge in [0.15, 0.2) is 0 Å². The fourth-order valence-electron chi connectivity index (χ4n) is 2.51. The molecule has 1 aliphatic rings. The molecule has 0 amide bonds. The molecule has 0 radical (unpaired) electrons. The van der Waals surface area contributed by atoms with Crippen molar-refractivity contribution < 1.29 is 0 Å². The Labute approximate surface area is 108 Å². The molecule has 3 heteroatoms. The van der Waals surface area contributed by atoms with Crippen molar-refractivity contribution in [2.45, 2.75) is 52.2 Å². The zero-order valence-corrected chi connectivity index (χ0v) is 12.5. The van der Waals surface area contributed by atoms with E-state index in [0.717, 1.165) is 19.0 Å². The number of rotatable bonds is 5. The minimum absolute atomic E-state index is 0.644. The van der Waals surface area contributed by atoms with Gasteiger partial charge in [-0.05, 0) is 47.2 Å². The third kappa shape index (κ3) is 4.57. The van der Waals surface area contributed by atoms with Crippen molar-refractivity contribution in [1.29, 1.82) is 0 Å². The molecule has 0 bridgehead atoms. The minimum atomic E-state index is 0.644. The van der Waals surface area contributed by atoms with Crippen LogP contribution in [0.2, 0.25) is 0 Å². The van der Waals surface area contributed by atoms with Crippen LogP contribution in [-0.2, 0) is 0 Å². The fraction of sp³-hybridized carbons (Fsp3) is 1.00. The molecule has 3 atom stereocenters. The Bertz CT molecular complexity index is 218. The first-order valence-electron chi connectivity index (χ1n) is 7.05. The molecule has 0 spiro atoms. The summed E-state index contributed by atoms with van der Waals surface area (Å²) in [4.78, 5) is 4.87. The summed E-state index contributed by atoms with van der Waals surface area (Å²) in [5, 5.41) is 3.74. The van der Waals surface area contributed by atoms with E-state index >= 15 is 0 Å². The van der Waals surface area contributed by atoms with E-state index in [1.165, 1.54) is 13.0 Å². The average Bonchev–Trinajstić information content (AvgIpc) is 2.25. The molecular formula is C14H31N3. The molecule has 3 unspecified atom stereocenters. The van der Waals surface area contributed by atoms with Gasteiger partial charge in [-0.2, -0.15) is 0 Å². The first-order valence-corrected chi connectivity index (χ1v) is 7.05. The van der Waals surface area contributed by atoms with Crippen molar-refractivity contribution in [3.63, 3.8) is 0 Å². The Kier molecular flexibility index (Phi) is 5.90. The van der Waals surface area contributed by atoms with Crippen molar-refractivity contribution in [3.05, 3.63) is 0 Å². The smallest absolute Gasteiger partial charge is 0.0120 e. The number of nitrogens with zero attached hydrogens (tertiary/aromatic N) is 2. The van der Waals surface area contributed by atoms with Gasteiger partial charge in [-0.1, -0.05) is 6.92 Å². The van der Waals surface area contributed by atoms with Crippen molar-refractivity contribution in [2.24, 2.45) is 5.92 Å². The summed E-state index contributed by atoms with van der Waals surface area (Å²) in [5.74, 6) is 0.764. The van der Waals surface area contributed by atoms with Gasteiger partial charge < -0.3 is 15.1 Å². The molecule has 0 aromatic rings. The maximum absolute atomic E-state index is 3.74. The Morgan fingerprint density at radius 1 is 1.35 bits per heavy atom. The number of hydrogen-bond donors (Lipinski definition) is 1. The van der Waals surface area contributed by atoms with E-state index in [2.05, 4.69) is 56.9 Å². The van der Waals surface area contributed by atoms with E-state index < -0.39 is 0 Å². The molecule has 1 heterocycles. The second-order valence-electron chi connectivity index (χ2n) is 6.14. The molecular weight excluding hydrogens is 210 g/mol. The average molecular weight is 241 g/mol. The maximum atomic E-state index is 3.74. The van der Waals surface area contributed by atoms with Crippen LogP contribution in [0.15, 0.2) is 0 Å². The van der Waals surface area contributed by atoms with Gasteiger partial charge in [0.25, 0.3) is 0 Å². The van der Waals surface area contributed by atoms with Crippen LogP contribution in [0.25, 0.3) is 0 Å². The van der Waals surface area contributed by atoms with Gasteiger partial charge in [-0.25, -0.2) is 0 Å². The van der Waals surface area contributed by atoms with Crippen molar-refractivity contribution in [2.75, 3.05) is 33.7 Å². The van der Waals surface area contributed by atoms with E-state index in [4.69, 9.17) is 0 Å². The summed E-state index contributed by atoms with van der Waals surface area (Å²) in [6.45, 7) is 12.7. The summed E-state index contributed by atoms with van der Waals surface area (Å²) in [7, 11) is 4.44. The molecule has 102 valence electrons. The van der Waals surface area contributed by atoms with Crippen molar-refractivity contribution >= 4 is 0 Å². The fourth-order valence-corrected chi connectivity index (χ4v) is 2.51. The Balaban J connectivity index is 2.27. The first kappa shape index (κ1) is 14.9. The minimum Gasteiger partial charge on any atom is -0.312 e. The van der Waals surface area contributed by atoms with Gasteiger partial charge in [0, 0.05) is 37.8 Å². The highest BCUT2D eigenvalue weighted by Crippen LogP contribution is 2.20. The highest BCUT2D eigenvalue weighted by molar-refractivity contribution is 4.86. The lowest BCUT2D eigenvalue weighted by atomic mass is 9.90. The summed E-state index contributed by atoms with van der Waals surface area (Å²) >= 11 is 0. The van der Waals surface area contributed by atoms with Crippen LogP contribution < -0.4 is 5.32 Å². The van der Waals surface area contributed by atoms with Crippen LogP contribution in [0.5, 0.6) is 0 Å². The lowest BCUT2D eigenvalue weighted by Gasteiger charge is -2.40. The van der Waals surface area contributed by atoms with Crippen LogP contribution in [0.3, 0.4) is 0 Å². The SMILES string of the molecule is CC1CN(C)C(C)CC1NCCN(C)C(C)C. The van der Waals surface area contributed by atoms with Crippen molar-refractivity contribution in [1.82, 2.24) is 15.1 Å². The normalized spacial score (nSPS) is 31.4. The summed E-state index contributed by atoms with van der Waals surface area (Å²) in [6, 6.07) is 2.05. The third-order valence-electron chi connectivity index (χ3n) is 4.36. The standard InChI is InChI=1S/C14H31N3/c1-11(2)16(5)8-7-15-14-9-13(4)17(6)10-12(14)3/h11-15H,7-10H2,1-6H3. The molecule has 0 aromatic heterocycles. The predicted octanol–water partition coefficient (Wildman–Crippen LogP) is 1.64. The lowest BCUT2D eigenvalue weighted by molar-refractivity contribution is 0.119. The van der Waals surface area contributed by atoms with Crippen LogP contribution >= 0.6 is 0 Å². The molecule has 1 N–H and O–H groups in total. The van der Waals surface area contributed by atoms with Gasteiger partial charge in [0.1, 0.15) is 0 Å².